The van der Waals surface area contributed by atoms with Crippen molar-refractivity contribution < 1.29 is 58.6 Å². The Morgan fingerprint density at radius 1 is 0.841 bits per heavy atom. The number of hydrogen-bond acceptors (Lipinski definition) is 12. The Morgan fingerprint density at radius 2 is 1.39 bits per heavy atom. The normalized spacial score (nSPS) is 29.3. The molecule has 2 aliphatic rings. The number of aliphatic hydroxyl groups excluding tert-OH is 6. The van der Waals surface area contributed by atoms with Crippen LogP contribution in [0.15, 0.2) is 48.5 Å². The highest BCUT2D eigenvalue weighted by Crippen LogP contribution is 2.38. The summed E-state index contributed by atoms with van der Waals surface area (Å²) in [7, 11) is 1.05. The van der Waals surface area contributed by atoms with E-state index in [9.17, 15) is 49.1 Å². The fourth-order valence-electron chi connectivity index (χ4n) is 4.41. The van der Waals surface area contributed by atoms with Crippen molar-refractivity contribution in [1.29, 1.82) is 0 Å². The fourth-order valence-corrected chi connectivity index (χ4v) is 7.46. The molecule has 9 unspecified atom stereocenters. The summed E-state index contributed by atoms with van der Waals surface area (Å²) in [5.74, 6) is -0.852. The van der Waals surface area contributed by atoms with E-state index in [1.807, 2.05) is 6.07 Å². The Hall–Kier alpha value is -1.46. The fraction of sp³-hybridized carbons (Fsp3) is 0.536. The molecule has 0 aliphatic carbocycles. The van der Waals surface area contributed by atoms with Gasteiger partial charge >= 0.3 is 0 Å². The summed E-state index contributed by atoms with van der Waals surface area (Å²) in [6.45, 7) is 0. The number of carbonyl (C=O) groups is 1. The first-order valence-corrected chi connectivity index (χ1v) is 17.8. The number of halogens is 2. The predicted molar refractivity (Wildman–Crippen MR) is 162 cm³/mol. The van der Waals surface area contributed by atoms with Crippen LogP contribution in [-0.4, -0.2) is 103 Å². The molecule has 0 aromatic heterocycles. The maximum Gasteiger partial charge on any atom is 0.261 e. The molecular formula is C28H38F2NO10PS2. The molecule has 2 aromatic carbocycles. The highest BCUT2D eigenvalue weighted by atomic mass is 33.1. The first-order valence-electron chi connectivity index (χ1n) is 13.9. The van der Waals surface area contributed by atoms with E-state index in [1.54, 1.807) is 24.3 Å². The van der Waals surface area contributed by atoms with Crippen molar-refractivity contribution in [2.45, 2.75) is 81.0 Å². The number of benzene rings is 2. The van der Waals surface area contributed by atoms with Gasteiger partial charge in [-0.3, -0.25) is 9.52 Å². The van der Waals surface area contributed by atoms with Crippen molar-refractivity contribution in [1.82, 2.24) is 4.72 Å². The van der Waals surface area contributed by atoms with Crippen LogP contribution >= 0.6 is 29.9 Å². The lowest BCUT2D eigenvalue weighted by atomic mass is 10.0. The van der Waals surface area contributed by atoms with Crippen molar-refractivity contribution in [2.24, 2.45) is 0 Å². The van der Waals surface area contributed by atoms with Gasteiger partial charge in [0.15, 0.2) is 12.6 Å². The molecule has 2 aliphatic heterocycles. The largest absolute Gasteiger partial charge is 0.390 e. The van der Waals surface area contributed by atoms with E-state index in [0.29, 0.717) is 30.6 Å². The van der Waals surface area contributed by atoms with Gasteiger partial charge in [0, 0.05) is 55.0 Å². The van der Waals surface area contributed by atoms with Crippen LogP contribution < -0.4 is 4.72 Å². The molecule has 0 radical (unpaired) electrons. The molecule has 2 aromatic rings. The molecule has 0 bridgehead atoms. The van der Waals surface area contributed by atoms with Gasteiger partial charge in [-0.1, -0.05) is 35.1 Å². The Labute approximate surface area is 263 Å². The molecule has 2 heterocycles. The average molecular weight is 682 g/mol. The van der Waals surface area contributed by atoms with E-state index in [-0.39, 0.29) is 36.3 Å². The second kappa shape index (κ2) is 18.6. The third kappa shape index (κ3) is 11.7. The quantitative estimate of drug-likeness (QED) is 0.0747. The summed E-state index contributed by atoms with van der Waals surface area (Å²) in [4.78, 5) is 21.7. The molecule has 0 saturated carbocycles. The van der Waals surface area contributed by atoms with E-state index in [0.717, 1.165) is 12.1 Å². The number of carbonyl (C=O) groups excluding carboxylic acids is 1. The molecule has 44 heavy (non-hydrogen) atoms. The van der Waals surface area contributed by atoms with Crippen molar-refractivity contribution >= 4 is 35.8 Å². The van der Waals surface area contributed by atoms with Crippen molar-refractivity contribution in [3.8, 4) is 0 Å². The van der Waals surface area contributed by atoms with E-state index >= 15 is 0 Å². The average Bonchev–Trinajstić information content (AvgIpc) is 3.00. The summed E-state index contributed by atoms with van der Waals surface area (Å²) in [6, 6.07) is 12.5. The van der Waals surface area contributed by atoms with Gasteiger partial charge in [-0.15, -0.1) is 0 Å². The Morgan fingerprint density at radius 3 is 1.93 bits per heavy atom. The van der Waals surface area contributed by atoms with E-state index in [1.165, 1.54) is 27.8 Å². The monoisotopic (exact) mass is 681 g/mol. The van der Waals surface area contributed by atoms with Gasteiger partial charge in [0.1, 0.15) is 23.8 Å². The predicted octanol–water partition coefficient (Wildman–Crippen LogP) is 2.01. The maximum absolute atomic E-state index is 13.5. The third-order valence-electron chi connectivity index (χ3n) is 6.91. The van der Waals surface area contributed by atoms with Crippen molar-refractivity contribution in [2.75, 3.05) is 11.9 Å². The zero-order chi connectivity index (χ0) is 32.2. The molecule has 0 spiro atoms. The standard InChI is InChI=1S/C14H19F2O5P.C14H19NO5S2/c15-10-2-1-3-11(16)9(10)7-22(20)5-4-8-6-12(17)13(18)14(19)21-8;16-11-8-10(20-14(19)12(11)17)6-7-21-22-15-13(18)9-4-2-1-3-5-9/h1-3,8,12-14,17-20H,4-7H2;1-5,10-12,14,16-17,19H,6-8H2,(H,15,18). The van der Waals surface area contributed by atoms with Gasteiger partial charge in [-0.25, -0.2) is 8.78 Å². The Bertz CT molecular complexity index is 1120. The minimum Gasteiger partial charge on any atom is -0.390 e. The van der Waals surface area contributed by atoms with Crippen LogP contribution in [0, 0.1) is 11.6 Å². The second-order valence-corrected chi connectivity index (χ2v) is 14.3. The second-order valence-electron chi connectivity index (χ2n) is 10.3. The zero-order valence-corrected chi connectivity index (χ0v) is 26.1. The summed E-state index contributed by atoms with van der Waals surface area (Å²) < 4.78 is 40.0. The Balaban J connectivity index is 0.000000240. The molecule has 246 valence electrons. The minimum atomic E-state index is -1.64. The molecule has 8 N–H and O–H groups in total. The van der Waals surface area contributed by atoms with Gasteiger partial charge in [0.05, 0.1) is 24.4 Å². The van der Waals surface area contributed by atoms with Crippen molar-refractivity contribution in [3.05, 3.63) is 71.3 Å². The van der Waals surface area contributed by atoms with E-state index < -0.39 is 62.9 Å². The van der Waals surface area contributed by atoms with Crippen LogP contribution in [0.2, 0.25) is 0 Å². The highest BCUT2D eigenvalue weighted by Gasteiger charge is 2.36. The van der Waals surface area contributed by atoms with Crippen molar-refractivity contribution in [3.63, 3.8) is 0 Å². The van der Waals surface area contributed by atoms with Crippen LogP contribution in [0.4, 0.5) is 8.78 Å². The van der Waals surface area contributed by atoms with Crippen LogP contribution in [-0.2, 0) is 15.6 Å². The van der Waals surface area contributed by atoms with Crippen LogP contribution in [0.1, 0.15) is 41.6 Å². The summed E-state index contributed by atoms with van der Waals surface area (Å²) >= 11 is 0. The maximum atomic E-state index is 13.5. The van der Waals surface area contributed by atoms with E-state index in [2.05, 4.69) is 4.72 Å². The Kier molecular flexibility index (Phi) is 15.7. The minimum absolute atomic E-state index is 0.103. The number of aliphatic hydroxyl groups is 6. The lowest BCUT2D eigenvalue weighted by Gasteiger charge is -2.34. The van der Waals surface area contributed by atoms with Crippen LogP contribution in [0.3, 0.4) is 0 Å². The smallest absolute Gasteiger partial charge is 0.261 e. The summed E-state index contributed by atoms with van der Waals surface area (Å²) in [5, 5.41) is 56.6. The lowest BCUT2D eigenvalue weighted by molar-refractivity contribution is -0.247. The van der Waals surface area contributed by atoms with Gasteiger partial charge in [-0.05, 0) is 43.3 Å². The highest BCUT2D eigenvalue weighted by molar-refractivity contribution is 8.76. The molecular weight excluding hydrogens is 643 g/mol. The van der Waals surface area contributed by atoms with Crippen LogP contribution in [0.5, 0.6) is 0 Å². The van der Waals surface area contributed by atoms with Gasteiger partial charge in [0.2, 0.25) is 0 Å². The van der Waals surface area contributed by atoms with E-state index in [4.69, 9.17) is 9.47 Å². The van der Waals surface area contributed by atoms with Gasteiger partial charge in [-0.2, -0.15) is 0 Å². The number of amides is 1. The molecule has 1 amide bonds. The number of nitrogens with one attached hydrogen (secondary N) is 1. The molecule has 16 heteroatoms. The van der Waals surface area contributed by atoms with Crippen LogP contribution in [0.25, 0.3) is 0 Å². The first-order chi connectivity index (χ1) is 21.0. The molecule has 2 fully saturated rings. The zero-order valence-electron chi connectivity index (χ0n) is 23.6. The number of rotatable bonds is 11. The summed E-state index contributed by atoms with van der Waals surface area (Å²) in [6.07, 6.45) is -6.78. The molecule has 4 rings (SSSR count). The topological polar surface area (TPSA) is 189 Å². The molecule has 2 saturated heterocycles. The lowest BCUT2D eigenvalue weighted by Crippen LogP contribution is -2.48. The van der Waals surface area contributed by atoms with Gasteiger partial charge < -0.3 is 45.0 Å². The van der Waals surface area contributed by atoms with Gasteiger partial charge in [0.25, 0.3) is 5.91 Å². The number of ether oxygens (including phenoxy) is 2. The number of hydrogen-bond donors (Lipinski definition) is 8. The molecule has 11 nitrogen and oxygen atoms in total. The third-order valence-corrected chi connectivity index (χ3v) is 10.3. The molecule has 9 atom stereocenters. The first kappa shape index (κ1) is 37.0. The summed E-state index contributed by atoms with van der Waals surface area (Å²) in [5.41, 5.74) is 0.461. The SMILES string of the molecule is O=C(NSSCCC1CC(O)C(O)C(O)O1)c1ccccc1.OC1CC(CCP(O)Cc2c(F)cccc2F)OC(O)C1O.